The molecule has 20 heavy (non-hydrogen) atoms. The molecule has 0 radical (unpaired) electrons. The number of nitrogens with zero attached hydrogens (tertiary/aromatic N) is 1. The first-order valence-corrected chi connectivity index (χ1v) is 7.64. The number of carbonyl (C=O) groups excluding carboxylic acids is 1. The predicted molar refractivity (Wildman–Crippen MR) is 81.8 cm³/mol. The van der Waals surface area contributed by atoms with Crippen molar-refractivity contribution in [2.24, 2.45) is 5.92 Å². The molecule has 0 atom stereocenters. The summed E-state index contributed by atoms with van der Waals surface area (Å²) in [5.41, 5.74) is -0.138. The van der Waals surface area contributed by atoms with Gasteiger partial charge in [-0.3, -0.25) is 9.69 Å². The zero-order valence-corrected chi connectivity index (χ0v) is 13.5. The molecule has 1 heterocycles. The highest BCUT2D eigenvalue weighted by Gasteiger charge is 2.22. The van der Waals surface area contributed by atoms with E-state index in [2.05, 4.69) is 15.5 Å². The molecule has 0 aromatic carbocycles. The number of hydrogen-bond donors (Lipinski definition) is 2. The molecular formula is C15H31N3O2. The zero-order chi connectivity index (χ0) is 15.0. The largest absolute Gasteiger partial charge is 0.383 e. The maximum Gasteiger partial charge on any atom is 0.234 e. The number of carbonyl (C=O) groups is 1. The van der Waals surface area contributed by atoms with Crippen LogP contribution in [0.4, 0.5) is 0 Å². The average Bonchev–Trinajstić information content (AvgIpc) is 2.34. The molecule has 0 aromatic heterocycles. The fourth-order valence-electron chi connectivity index (χ4n) is 2.49. The SMILES string of the molecule is COCCNCC1CCN(CC(=O)NC(C)(C)C)CC1. The van der Waals surface area contributed by atoms with Crippen molar-refractivity contribution in [1.82, 2.24) is 15.5 Å². The average molecular weight is 285 g/mol. The second kappa shape index (κ2) is 8.60. The molecule has 5 heteroatoms. The molecule has 1 amide bonds. The van der Waals surface area contributed by atoms with Crippen molar-refractivity contribution in [2.45, 2.75) is 39.2 Å². The number of amides is 1. The van der Waals surface area contributed by atoms with Crippen molar-refractivity contribution in [1.29, 1.82) is 0 Å². The van der Waals surface area contributed by atoms with Crippen molar-refractivity contribution in [3.8, 4) is 0 Å². The minimum Gasteiger partial charge on any atom is -0.383 e. The lowest BCUT2D eigenvalue weighted by molar-refractivity contribution is -0.124. The number of piperidine rings is 1. The van der Waals surface area contributed by atoms with Crippen LogP contribution in [0.5, 0.6) is 0 Å². The van der Waals surface area contributed by atoms with E-state index in [1.165, 1.54) is 12.8 Å². The third-order valence-corrected chi connectivity index (χ3v) is 3.50. The minimum absolute atomic E-state index is 0.133. The van der Waals surface area contributed by atoms with Crippen LogP contribution in [0, 0.1) is 5.92 Å². The third-order valence-electron chi connectivity index (χ3n) is 3.50. The van der Waals surface area contributed by atoms with Gasteiger partial charge in [0.2, 0.25) is 5.91 Å². The molecule has 0 aromatic rings. The lowest BCUT2D eigenvalue weighted by atomic mass is 9.97. The lowest BCUT2D eigenvalue weighted by Gasteiger charge is -2.32. The van der Waals surface area contributed by atoms with E-state index in [1.54, 1.807) is 7.11 Å². The van der Waals surface area contributed by atoms with Gasteiger partial charge in [0.1, 0.15) is 0 Å². The van der Waals surface area contributed by atoms with Crippen LogP contribution in [-0.2, 0) is 9.53 Å². The van der Waals surface area contributed by atoms with E-state index in [-0.39, 0.29) is 11.4 Å². The molecule has 2 N–H and O–H groups in total. The molecule has 1 fully saturated rings. The van der Waals surface area contributed by atoms with Crippen molar-refractivity contribution in [2.75, 3.05) is 46.4 Å². The Balaban J connectivity index is 2.14. The van der Waals surface area contributed by atoms with Crippen LogP contribution in [0.25, 0.3) is 0 Å². The molecule has 0 saturated carbocycles. The molecule has 0 bridgehead atoms. The smallest absolute Gasteiger partial charge is 0.234 e. The van der Waals surface area contributed by atoms with Crippen LogP contribution in [0.2, 0.25) is 0 Å². The Hall–Kier alpha value is -0.650. The van der Waals surface area contributed by atoms with Gasteiger partial charge in [-0.2, -0.15) is 0 Å². The highest BCUT2D eigenvalue weighted by molar-refractivity contribution is 5.78. The highest BCUT2D eigenvalue weighted by Crippen LogP contribution is 2.16. The number of rotatable bonds is 7. The van der Waals surface area contributed by atoms with Crippen LogP contribution >= 0.6 is 0 Å². The number of ether oxygens (including phenoxy) is 1. The summed E-state index contributed by atoms with van der Waals surface area (Å²) >= 11 is 0. The maximum atomic E-state index is 11.9. The molecule has 0 unspecified atom stereocenters. The van der Waals surface area contributed by atoms with E-state index < -0.39 is 0 Å². The monoisotopic (exact) mass is 285 g/mol. The fraction of sp³-hybridized carbons (Fsp3) is 0.933. The summed E-state index contributed by atoms with van der Waals surface area (Å²) < 4.78 is 5.02. The van der Waals surface area contributed by atoms with Gasteiger partial charge in [-0.05, 0) is 59.2 Å². The Kier molecular flexibility index (Phi) is 7.48. The van der Waals surface area contributed by atoms with E-state index in [4.69, 9.17) is 4.74 Å². The summed E-state index contributed by atoms with van der Waals surface area (Å²) in [5, 5.41) is 6.44. The maximum absolute atomic E-state index is 11.9. The van der Waals surface area contributed by atoms with E-state index in [0.29, 0.717) is 6.54 Å². The number of likely N-dealkylation sites (tertiary alicyclic amines) is 1. The van der Waals surface area contributed by atoms with Gasteiger partial charge in [0, 0.05) is 19.2 Å². The molecule has 0 spiro atoms. The summed E-state index contributed by atoms with van der Waals surface area (Å²) in [6.45, 7) is 11.4. The first-order chi connectivity index (χ1) is 9.40. The Bertz CT molecular complexity index is 281. The van der Waals surface area contributed by atoms with Gasteiger partial charge >= 0.3 is 0 Å². The van der Waals surface area contributed by atoms with Gasteiger partial charge in [0.15, 0.2) is 0 Å². The molecule has 1 saturated heterocycles. The minimum atomic E-state index is -0.138. The summed E-state index contributed by atoms with van der Waals surface area (Å²) in [7, 11) is 1.72. The van der Waals surface area contributed by atoms with Crippen LogP contribution in [0.1, 0.15) is 33.6 Å². The number of methoxy groups -OCH3 is 1. The molecule has 1 aliphatic heterocycles. The molecule has 1 aliphatic rings. The van der Waals surface area contributed by atoms with Gasteiger partial charge in [-0.25, -0.2) is 0 Å². The summed E-state index contributed by atoms with van der Waals surface area (Å²) in [6, 6.07) is 0. The number of hydrogen-bond acceptors (Lipinski definition) is 4. The summed E-state index contributed by atoms with van der Waals surface area (Å²) in [6.07, 6.45) is 2.34. The fourth-order valence-corrected chi connectivity index (χ4v) is 2.49. The first-order valence-electron chi connectivity index (χ1n) is 7.64. The van der Waals surface area contributed by atoms with Gasteiger partial charge in [0.25, 0.3) is 0 Å². The quantitative estimate of drug-likeness (QED) is 0.681. The Morgan fingerprint density at radius 1 is 1.30 bits per heavy atom. The van der Waals surface area contributed by atoms with Crippen molar-refractivity contribution in [3.63, 3.8) is 0 Å². The zero-order valence-electron chi connectivity index (χ0n) is 13.5. The summed E-state index contributed by atoms with van der Waals surface area (Å²) in [5.74, 6) is 0.864. The molecule has 118 valence electrons. The van der Waals surface area contributed by atoms with Crippen molar-refractivity contribution >= 4 is 5.91 Å². The molecule has 1 rings (SSSR count). The highest BCUT2D eigenvalue weighted by atomic mass is 16.5. The van der Waals surface area contributed by atoms with E-state index in [9.17, 15) is 4.79 Å². The Labute approximate surface area is 123 Å². The standard InChI is InChI=1S/C15H31N3O2/c1-15(2,3)17-14(19)12-18-8-5-13(6-9-18)11-16-7-10-20-4/h13,16H,5-12H2,1-4H3,(H,17,19). The second-order valence-electron chi connectivity index (χ2n) is 6.71. The Morgan fingerprint density at radius 2 is 1.95 bits per heavy atom. The topological polar surface area (TPSA) is 53.6 Å². The van der Waals surface area contributed by atoms with Gasteiger partial charge in [-0.1, -0.05) is 0 Å². The first kappa shape index (κ1) is 17.4. The Morgan fingerprint density at radius 3 is 2.50 bits per heavy atom. The molecule has 0 aliphatic carbocycles. The van der Waals surface area contributed by atoms with Crippen molar-refractivity contribution in [3.05, 3.63) is 0 Å². The van der Waals surface area contributed by atoms with Crippen LogP contribution in [0.3, 0.4) is 0 Å². The van der Waals surface area contributed by atoms with E-state index >= 15 is 0 Å². The number of nitrogens with one attached hydrogen (secondary N) is 2. The normalized spacial score (nSPS) is 18.2. The van der Waals surface area contributed by atoms with Crippen LogP contribution in [-0.4, -0.2) is 62.8 Å². The van der Waals surface area contributed by atoms with Gasteiger partial charge < -0.3 is 15.4 Å². The second-order valence-corrected chi connectivity index (χ2v) is 6.71. The lowest BCUT2D eigenvalue weighted by Crippen LogP contribution is -2.48. The van der Waals surface area contributed by atoms with Gasteiger partial charge in [-0.15, -0.1) is 0 Å². The summed E-state index contributed by atoms with van der Waals surface area (Å²) in [4.78, 5) is 14.1. The third kappa shape index (κ3) is 7.82. The molecular weight excluding hydrogens is 254 g/mol. The van der Waals surface area contributed by atoms with Gasteiger partial charge in [0.05, 0.1) is 13.2 Å². The van der Waals surface area contributed by atoms with Crippen LogP contribution < -0.4 is 10.6 Å². The van der Waals surface area contributed by atoms with E-state index in [1.807, 2.05) is 20.8 Å². The molecule has 5 nitrogen and oxygen atoms in total. The predicted octanol–water partition coefficient (Wildman–Crippen LogP) is 0.849. The van der Waals surface area contributed by atoms with E-state index in [0.717, 1.165) is 38.7 Å². The van der Waals surface area contributed by atoms with Crippen molar-refractivity contribution < 1.29 is 9.53 Å². The van der Waals surface area contributed by atoms with Crippen LogP contribution in [0.15, 0.2) is 0 Å².